The maximum absolute atomic E-state index is 10.7. The Bertz CT molecular complexity index is 260. The van der Waals surface area contributed by atoms with Gasteiger partial charge in [-0.25, -0.2) is 0 Å². The van der Waals surface area contributed by atoms with Crippen LogP contribution < -0.4 is 11.1 Å². The summed E-state index contributed by atoms with van der Waals surface area (Å²) < 4.78 is 6.66. The van der Waals surface area contributed by atoms with Gasteiger partial charge in [-0.05, 0) is 13.8 Å². The Labute approximate surface area is 88.8 Å². The second-order valence-electron chi connectivity index (χ2n) is 3.36. The fourth-order valence-corrected chi connectivity index (χ4v) is 1.41. The van der Waals surface area contributed by atoms with Crippen molar-refractivity contribution in [1.82, 2.24) is 5.32 Å². The molecule has 0 aliphatic heterocycles. The second kappa shape index (κ2) is 5.21. The molecule has 14 heavy (non-hydrogen) atoms. The third-order valence-corrected chi connectivity index (χ3v) is 2.74. The molecule has 0 aliphatic rings. The first-order valence-electron chi connectivity index (χ1n) is 4.60. The summed E-state index contributed by atoms with van der Waals surface area (Å²) in [5, 5.41) is 11.1. The van der Waals surface area contributed by atoms with E-state index in [9.17, 15) is 9.59 Å². The van der Waals surface area contributed by atoms with Crippen molar-refractivity contribution in [3.05, 3.63) is 0 Å². The van der Waals surface area contributed by atoms with Gasteiger partial charge in [-0.2, -0.15) is 0 Å². The number of rotatable bonds is 5. The molecule has 0 fully saturated rings. The molecule has 0 aliphatic carbocycles. The molecule has 0 aromatic heterocycles. The van der Waals surface area contributed by atoms with Crippen LogP contribution in [0.15, 0.2) is 0 Å². The molecule has 5 nitrogen and oxygen atoms in total. The molecular weight excluding hydrogens is 204 g/mol. The fourth-order valence-electron chi connectivity index (χ4n) is 0.635. The van der Waals surface area contributed by atoms with E-state index in [4.69, 9.17) is 12.2 Å². The van der Waals surface area contributed by atoms with E-state index in [0.29, 0.717) is 0 Å². The molecule has 1 amide bonds. The molecular formula is C8H16N2O3S. The molecule has 0 rings (SSSR count). The Morgan fingerprint density at radius 1 is 1.71 bits per heavy atom. The Hall–Kier alpha value is -0.750. The molecule has 0 bridgehead atoms. The van der Waals surface area contributed by atoms with Gasteiger partial charge >= 0.3 is 5.97 Å². The zero-order chi connectivity index (χ0) is 12.2. The van der Waals surface area contributed by atoms with Crippen LogP contribution >= 0.6 is 11.8 Å². The average molecular weight is 221 g/mol. The average Bonchev–Trinajstić information content (AvgIpc) is 1.99. The van der Waals surface area contributed by atoms with Gasteiger partial charge in [-0.15, -0.1) is 11.8 Å². The van der Waals surface area contributed by atoms with E-state index >= 15 is 0 Å². The van der Waals surface area contributed by atoms with Crippen LogP contribution in [0.2, 0.25) is 0 Å². The zero-order valence-electron chi connectivity index (χ0n) is 9.40. The number of nitrogens with two attached hydrogens (primary N) is 1. The van der Waals surface area contributed by atoms with Crippen molar-refractivity contribution in [2.24, 2.45) is 5.73 Å². The number of thioether (sulfide) groups is 1. The van der Waals surface area contributed by atoms with Crippen LogP contribution in [0.5, 0.6) is 0 Å². The molecule has 0 radical (unpaired) electrons. The lowest BCUT2D eigenvalue weighted by molar-refractivity contribution is -0.139. The summed E-state index contributed by atoms with van der Waals surface area (Å²) >= 11 is 0.996. The van der Waals surface area contributed by atoms with Gasteiger partial charge in [0, 0.05) is 11.7 Å². The van der Waals surface area contributed by atoms with Gasteiger partial charge in [-0.1, -0.05) is 0 Å². The Morgan fingerprint density at radius 2 is 2.21 bits per heavy atom. The molecule has 0 aromatic carbocycles. The predicted molar refractivity (Wildman–Crippen MR) is 56.0 cm³/mol. The molecule has 6 heteroatoms. The van der Waals surface area contributed by atoms with E-state index in [-0.39, 0.29) is 5.91 Å². The maximum Gasteiger partial charge on any atom is 0.321 e. The van der Waals surface area contributed by atoms with Crippen molar-refractivity contribution in [3.63, 3.8) is 0 Å². The van der Waals surface area contributed by atoms with Crippen molar-refractivity contribution in [3.8, 4) is 0 Å². The van der Waals surface area contributed by atoms with Gasteiger partial charge in [0.1, 0.15) is 6.04 Å². The van der Waals surface area contributed by atoms with Crippen molar-refractivity contribution in [2.45, 2.75) is 31.6 Å². The van der Waals surface area contributed by atoms with Gasteiger partial charge in [0.2, 0.25) is 5.91 Å². The van der Waals surface area contributed by atoms with Crippen LogP contribution in [0.3, 0.4) is 0 Å². The van der Waals surface area contributed by atoms with Crippen LogP contribution in [0.25, 0.3) is 0 Å². The molecule has 2 atom stereocenters. The first kappa shape index (κ1) is 11.3. The zero-order valence-corrected chi connectivity index (χ0v) is 9.22. The van der Waals surface area contributed by atoms with Crippen LogP contribution in [0, 0.1) is 0 Å². The van der Waals surface area contributed by atoms with Crippen LogP contribution in [0.1, 0.15) is 22.1 Å². The van der Waals surface area contributed by atoms with E-state index in [2.05, 4.69) is 5.32 Å². The minimum atomic E-state index is -1.12. The molecule has 0 heterocycles. The Morgan fingerprint density at radius 3 is 2.57 bits per heavy atom. The third-order valence-electron chi connectivity index (χ3n) is 1.64. The molecule has 0 saturated heterocycles. The lowest BCUT2D eigenvalue weighted by Crippen LogP contribution is -2.47. The lowest BCUT2D eigenvalue weighted by Gasteiger charge is -2.27. The summed E-state index contributed by atoms with van der Waals surface area (Å²) in [5.74, 6) is -2.37. The number of carboxylic acids is 1. The first-order valence-corrected chi connectivity index (χ1v) is 4.90. The van der Waals surface area contributed by atoms with E-state index in [1.165, 1.54) is 6.92 Å². The highest BCUT2D eigenvalue weighted by Gasteiger charge is 2.32. The van der Waals surface area contributed by atoms with Gasteiger partial charge in [-0.3, -0.25) is 9.59 Å². The fraction of sp³-hybridized carbons (Fsp3) is 0.750. The highest BCUT2D eigenvalue weighted by molar-refractivity contribution is 8.00. The summed E-state index contributed by atoms with van der Waals surface area (Å²) in [7, 11) is 0. The van der Waals surface area contributed by atoms with Gasteiger partial charge in [0.05, 0.1) is 7.22 Å². The number of amides is 1. The second-order valence-corrected chi connectivity index (χ2v) is 4.88. The molecule has 4 N–H and O–H groups in total. The molecule has 82 valence electrons. The van der Waals surface area contributed by atoms with Gasteiger partial charge in [0.15, 0.2) is 0 Å². The highest BCUT2D eigenvalue weighted by atomic mass is 32.2. The SMILES string of the molecule is [2H]C(NC(C)=O)SC(C)(C)[C@H](N)C(=O)O. The molecule has 0 saturated carbocycles. The van der Waals surface area contributed by atoms with Crippen LogP contribution in [0.4, 0.5) is 0 Å². The van der Waals surface area contributed by atoms with Gasteiger partial charge < -0.3 is 16.2 Å². The number of nitrogens with one attached hydrogen (secondary N) is 1. The topological polar surface area (TPSA) is 92.4 Å². The largest absolute Gasteiger partial charge is 0.480 e. The molecule has 0 spiro atoms. The van der Waals surface area contributed by atoms with E-state index in [0.717, 1.165) is 11.8 Å². The standard InChI is InChI=1S/C8H16N2O3S/c1-5(11)10-4-14-8(2,3)6(9)7(12)13/h6H,4,9H2,1-3H3,(H,10,11)(H,12,13)/t6-/m1/s1/i4D/t4?,6-. The van der Waals surface area contributed by atoms with Crippen molar-refractivity contribution >= 4 is 23.6 Å². The lowest BCUT2D eigenvalue weighted by atomic mass is 10.1. The number of aliphatic carboxylic acids is 1. The molecule has 0 aromatic rings. The normalized spacial score (nSPS) is 16.7. The minimum Gasteiger partial charge on any atom is -0.480 e. The first-order chi connectivity index (χ1) is 6.66. The number of hydrogen-bond donors (Lipinski definition) is 3. The minimum absolute atomic E-state index is 0.331. The van der Waals surface area contributed by atoms with Crippen molar-refractivity contribution in [1.29, 1.82) is 0 Å². The van der Waals surface area contributed by atoms with Crippen LogP contribution in [-0.2, 0) is 9.59 Å². The summed E-state index contributed by atoms with van der Waals surface area (Å²) in [6, 6.07) is -1.08. The summed E-state index contributed by atoms with van der Waals surface area (Å²) in [4.78, 5) is 21.3. The highest BCUT2D eigenvalue weighted by Crippen LogP contribution is 2.26. The third kappa shape index (κ3) is 4.48. The smallest absolute Gasteiger partial charge is 0.321 e. The summed E-state index contributed by atoms with van der Waals surface area (Å²) in [6.07, 6.45) is 0. The van der Waals surface area contributed by atoms with Crippen LogP contribution in [-0.4, -0.2) is 33.6 Å². The summed E-state index contributed by atoms with van der Waals surface area (Å²) in [5.41, 5.74) is 5.46. The van der Waals surface area contributed by atoms with E-state index < -0.39 is 22.6 Å². The van der Waals surface area contributed by atoms with Crippen molar-refractivity contribution < 1.29 is 16.1 Å². The Balaban J connectivity index is 4.36. The number of hydrogen-bond acceptors (Lipinski definition) is 4. The summed E-state index contributed by atoms with van der Waals surface area (Å²) in [6.45, 7) is 4.55. The van der Waals surface area contributed by atoms with E-state index in [1.807, 2.05) is 0 Å². The number of carbonyl (C=O) groups is 2. The van der Waals surface area contributed by atoms with Crippen molar-refractivity contribution in [2.75, 3.05) is 5.85 Å². The predicted octanol–water partition coefficient (Wildman–Crippen LogP) is 0.00370. The van der Waals surface area contributed by atoms with E-state index in [1.54, 1.807) is 13.8 Å². The number of carboxylic acid groups (broad SMARTS) is 1. The quantitative estimate of drug-likeness (QED) is 0.568. The monoisotopic (exact) mass is 221 g/mol. The Kier molecular flexibility index (Phi) is 4.21. The number of carbonyl (C=O) groups excluding carboxylic acids is 1. The van der Waals surface area contributed by atoms with Gasteiger partial charge in [0.25, 0.3) is 0 Å². The maximum atomic E-state index is 10.7. The molecule has 1 unspecified atom stereocenters.